The summed E-state index contributed by atoms with van der Waals surface area (Å²) < 4.78 is 1.42. The molecule has 4 aromatic rings. The molecule has 0 saturated carbocycles. The molecule has 3 aromatic carbocycles. The van der Waals surface area contributed by atoms with E-state index in [1.54, 1.807) is 36.4 Å². The normalized spacial score (nSPS) is 19.4. The molecule has 1 fully saturated rings. The predicted octanol–water partition coefficient (Wildman–Crippen LogP) is 5.37. The lowest BCUT2D eigenvalue weighted by Crippen LogP contribution is -2.33. The van der Waals surface area contributed by atoms with Gasteiger partial charge in [-0.1, -0.05) is 64.5 Å². The van der Waals surface area contributed by atoms with Crippen LogP contribution in [0.25, 0.3) is 0 Å². The summed E-state index contributed by atoms with van der Waals surface area (Å²) in [4.78, 5) is 57.8. The van der Waals surface area contributed by atoms with Crippen LogP contribution in [0.1, 0.15) is 21.9 Å². The number of halogens is 1. The number of imide groups is 1. The van der Waals surface area contributed by atoms with E-state index >= 15 is 0 Å². The van der Waals surface area contributed by atoms with Gasteiger partial charge in [0.05, 0.1) is 16.6 Å². The zero-order valence-electron chi connectivity index (χ0n) is 23.0. The molecule has 1 N–H and O–H groups in total. The maximum absolute atomic E-state index is 14.0. The first-order chi connectivity index (χ1) is 20.1. The molecular formula is C31H27ClN4O4S2. The van der Waals surface area contributed by atoms with Crippen molar-refractivity contribution in [1.29, 1.82) is 0 Å². The molecule has 6 rings (SSSR count). The molecule has 3 atom stereocenters. The molecule has 0 bridgehead atoms. The molecule has 1 aromatic heterocycles. The number of nitrogens with one attached hydrogen (secondary N) is 1. The van der Waals surface area contributed by atoms with E-state index < -0.39 is 17.1 Å². The van der Waals surface area contributed by atoms with Gasteiger partial charge in [-0.05, 0) is 61.0 Å². The number of thiazole rings is 1. The van der Waals surface area contributed by atoms with Crippen LogP contribution < -0.4 is 20.0 Å². The number of anilines is 3. The van der Waals surface area contributed by atoms with E-state index in [2.05, 4.69) is 5.32 Å². The molecule has 1 saturated heterocycles. The number of aromatic nitrogens is 1. The Morgan fingerprint density at radius 3 is 2.24 bits per heavy atom. The lowest BCUT2D eigenvalue weighted by Gasteiger charge is -2.31. The number of carbonyl (C=O) groups is 3. The molecular weight excluding hydrogens is 592 g/mol. The monoisotopic (exact) mass is 618 g/mol. The van der Waals surface area contributed by atoms with Gasteiger partial charge in [0, 0.05) is 41.3 Å². The lowest BCUT2D eigenvalue weighted by molar-refractivity contribution is -0.122. The number of amides is 3. The second kappa shape index (κ2) is 11.1. The van der Waals surface area contributed by atoms with Crippen LogP contribution in [0.4, 0.5) is 17.1 Å². The van der Waals surface area contributed by atoms with Crippen LogP contribution in [0, 0.1) is 12.8 Å². The van der Waals surface area contributed by atoms with Gasteiger partial charge in [0.15, 0.2) is 0 Å². The zero-order valence-corrected chi connectivity index (χ0v) is 25.4. The molecule has 8 nitrogen and oxygen atoms in total. The van der Waals surface area contributed by atoms with Crippen molar-refractivity contribution in [3.05, 3.63) is 103 Å². The number of thioether (sulfide) groups is 1. The molecule has 214 valence electrons. The third kappa shape index (κ3) is 5.04. The molecule has 3 amide bonds. The summed E-state index contributed by atoms with van der Waals surface area (Å²) in [7, 11) is 3.88. The molecule has 42 heavy (non-hydrogen) atoms. The van der Waals surface area contributed by atoms with Crippen molar-refractivity contribution >= 4 is 69.5 Å². The summed E-state index contributed by atoms with van der Waals surface area (Å²) >= 11 is 8.29. The van der Waals surface area contributed by atoms with Gasteiger partial charge >= 0.3 is 4.87 Å². The number of aryl methyl sites for hydroxylation is 1. The number of carbonyl (C=O) groups excluding carboxylic acids is 3. The Kier molecular flexibility index (Phi) is 7.46. The second-order valence-electron chi connectivity index (χ2n) is 10.6. The van der Waals surface area contributed by atoms with Gasteiger partial charge in [-0.3, -0.25) is 23.7 Å². The topological polar surface area (TPSA) is 91.7 Å². The summed E-state index contributed by atoms with van der Waals surface area (Å²) in [6.07, 6.45) is 0. The maximum Gasteiger partial charge on any atom is 0.308 e. The third-order valence-corrected chi connectivity index (χ3v) is 10.4. The fourth-order valence-corrected chi connectivity index (χ4v) is 8.32. The molecule has 2 aliphatic heterocycles. The van der Waals surface area contributed by atoms with Gasteiger partial charge < -0.3 is 10.2 Å². The van der Waals surface area contributed by atoms with E-state index in [4.69, 9.17) is 11.6 Å². The smallest absolute Gasteiger partial charge is 0.308 e. The van der Waals surface area contributed by atoms with Gasteiger partial charge in [0.25, 0.3) is 0 Å². The number of hydrogen-bond acceptors (Lipinski definition) is 7. The highest BCUT2D eigenvalue weighted by Crippen LogP contribution is 2.54. The number of benzene rings is 3. The fourth-order valence-electron chi connectivity index (χ4n) is 5.42. The van der Waals surface area contributed by atoms with Gasteiger partial charge in [0.2, 0.25) is 17.7 Å². The van der Waals surface area contributed by atoms with Gasteiger partial charge in [-0.25, -0.2) is 4.90 Å². The molecule has 11 heteroatoms. The van der Waals surface area contributed by atoms with E-state index in [1.807, 2.05) is 62.3 Å². The van der Waals surface area contributed by atoms with E-state index in [0.717, 1.165) is 28.2 Å². The molecule has 2 unspecified atom stereocenters. The first kappa shape index (κ1) is 28.3. The minimum Gasteiger partial charge on any atom is -0.378 e. The molecule has 2 aliphatic rings. The third-order valence-electron chi connectivity index (χ3n) is 7.54. The van der Waals surface area contributed by atoms with Gasteiger partial charge in [0.1, 0.15) is 11.8 Å². The van der Waals surface area contributed by atoms with Crippen molar-refractivity contribution < 1.29 is 14.4 Å². The van der Waals surface area contributed by atoms with Crippen LogP contribution in [0.3, 0.4) is 0 Å². The largest absolute Gasteiger partial charge is 0.378 e. The summed E-state index contributed by atoms with van der Waals surface area (Å²) in [5, 5.41) is 3.13. The quantitative estimate of drug-likeness (QED) is 0.292. The molecule has 0 spiro atoms. The summed E-state index contributed by atoms with van der Waals surface area (Å²) in [5.41, 5.74) is 3.95. The van der Waals surface area contributed by atoms with Crippen LogP contribution in [-0.4, -0.2) is 41.6 Å². The Bertz CT molecular complexity index is 1750. The minimum atomic E-state index is -0.764. The highest BCUT2D eigenvalue weighted by atomic mass is 35.5. The molecule has 0 radical (unpaired) electrons. The van der Waals surface area contributed by atoms with Gasteiger partial charge in [-0.2, -0.15) is 0 Å². The lowest BCUT2D eigenvalue weighted by atomic mass is 9.83. The van der Waals surface area contributed by atoms with E-state index in [9.17, 15) is 19.2 Å². The summed E-state index contributed by atoms with van der Waals surface area (Å²) in [5.74, 6) is -2.28. The zero-order chi connectivity index (χ0) is 29.7. The Morgan fingerprint density at radius 1 is 0.929 bits per heavy atom. The van der Waals surface area contributed by atoms with E-state index in [0.29, 0.717) is 26.3 Å². The molecule has 0 aliphatic carbocycles. The number of rotatable bonds is 6. The number of fused-ring (bicyclic) bond motifs is 2. The minimum absolute atomic E-state index is 0.210. The standard InChI is InChI=1S/C31H27ClN4O4S2/c1-17-4-10-20(11-5-17)33-23(37)16-35-30-27(42-31(35)40)24(18-6-12-21(13-7-18)34(2)3)25-26(41-30)29(39)36(28(25)38)22-14-8-19(32)9-15-22/h4-15,24-26H,16H2,1-3H3,(H,33,37)/t24-,25?,26?/m1/s1. The first-order valence-corrected chi connectivity index (χ1v) is 15.4. The molecule has 3 heterocycles. The Labute approximate surface area is 255 Å². The number of nitrogens with zero attached hydrogens (tertiary/aromatic N) is 3. The first-order valence-electron chi connectivity index (χ1n) is 13.3. The average molecular weight is 619 g/mol. The van der Waals surface area contributed by atoms with Crippen molar-refractivity contribution in [2.75, 3.05) is 29.2 Å². The highest BCUT2D eigenvalue weighted by Gasteiger charge is 2.56. The van der Waals surface area contributed by atoms with Crippen LogP contribution in [0.2, 0.25) is 5.02 Å². The fraction of sp³-hybridized carbons (Fsp3) is 0.226. The number of hydrogen-bond donors (Lipinski definition) is 1. The van der Waals surface area contributed by atoms with E-state index in [1.165, 1.54) is 21.2 Å². The van der Waals surface area contributed by atoms with Crippen LogP contribution >= 0.6 is 34.7 Å². The average Bonchev–Trinajstić information content (AvgIpc) is 3.41. The maximum atomic E-state index is 14.0. The van der Waals surface area contributed by atoms with Crippen molar-refractivity contribution in [2.24, 2.45) is 5.92 Å². The van der Waals surface area contributed by atoms with Gasteiger partial charge in [-0.15, -0.1) is 0 Å². The Hall–Kier alpha value is -3.86. The van der Waals surface area contributed by atoms with Crippen molar-refractivity contribution in [3.63, 3.8) is 0 Å². The summed E-state index contributed by atoms with van der Waals surface area (Å²) in [6.45, 7) is 1.75. The van der Waals surface area contributed by atoms with Crippen molar-refractivity contribution in [3.8, 4) is 0 Å². The Balaban J connectivity index is 1.41. The predicted molar refractivity (Wildman–Crippen MR) is 168 cm³/mol. The van der Waals surface area contributed by atoms with Crippen molar-refractivity contribution in [1.82, 2.24) is 4.57 Å². The van der Waals surface area contributed by atoms with Crippen molar-refractivity contribution in [2.45, 2.75) is 29.7 Å². The van der Waals surface area contributed by atoms with Crippen LogP contribution in [-0.2, 0) is 20.9 Å². The van der Waals surface area contributed by atoms with E-state index in [-0.39, 0.29) is 29.1 Å². The second-order valence-corrected chi connectivity index (χ2v) is 13.1. The van der Waals surface area contributed by atoms with Crippen LogP contribution in [0.15, 0.2) is 82.6 Å². The Morgan fingerprint density at radius 2 is 1.60 bits per heavy atom. The highest BCUT2D eigenvalue weighted by molar-refractivity contribution is 8.00. The van der Waals surface area contributed by atoms with Crippen LogP contribution in [0.5, 0.6) is 0 Å². The SMILES string of the molecule is Cc1ccc(NC(=O)Cn2c3c(sc2=O)[C@H](c2ccc(N(C)C)cc2)C2C(=O)N(c4ccc(Cl)cc4)C(=O)C2S3)cc1. The summed E-state index contributed by atoms with van der Waals surface area (Å²) in [6, 6.07) is 21.8.